The Balaban J connectivity index is 1.28. The van der Waals surface area contributed by atoms with E-state index >= 15 is 0 Å². The molecule has 1 fully saturated rings. The van der Waals surface area contributed by atoms with Gasteiger partial charge in [0.2, 0.25) is 0 Å². The molecule has 3 aromatic heterocycles. The number of hydrogen-bond acceptors (Lipinski definition) is 8. The summed E-state index contributed by atoms with van der Waals surface area (Å²) in [6, 6.07) is 7.58. The number of nitrogens with zero attached hydrogens (tertiary/aromatic N) is 7. The summed E-state index contributed by atoms with van der Waals surface area (Å²) in [4.78, 5) is 17.4. The van der Waals surface area contributed by atoms with E-state index in [-0.39, 0.29) is 6.61 Å². The Morgan fingerprint density at radius 2 is 1.89 bits per heavy atom. The molecule has 1 aliphatic rings. The highest BCUT2D eigenvalue weighted by atomic mass is 16.6. The maximum atomic E-state index is 5.45. The molecule has 5 rings (SSSR count). The average Bonchev–Trinajstić information content (AvgIpc) is 3.41. The van der Waals surface area contributed by atoms with Gasteiger partial charge in [-0.25, -0.2) is 14.5 Å². The second-order valence-corrected chi connectivity index (χ2v) is 8.69. The van der Waals surface area contributed by atoms with E-state index in [2.05, 4.69) is 33.6 Å². The van der Waals surface area contributed by atoms with Crippen molar-refractivity contribution in [1.29, 1.82) is 0 Å². The van der Waals surface area contributed by atoms with Crippen LogP contribution in [0, 0.1) is 13.8 Å². The van der Waals surface area contributed by atoms with Gasteiger partial charge in [-0.1, -0.05) is 5.16 Å². The van der Waals surface area contributed by atoms with Gasteiger partial charge in [0.25, 0.3) is 0 Å². The largest absolute Gasteiger partial charge is 0.497 e. The van der Waals surface area contributed by atoms with Crippen molar-refractivity contribution in [1.82, 2.24) is 29.0 Å². The molecule has 1 saturated heterocycles. The second kappa shape index (κ2) is 10.4. The lowest BCUT2D eigenvalue weighted by molar-refractivity contribution is 0.0369. The smallest absolute Gasteiger partial charge is 0.192 e. The third-order valence-corrected chi connectivity index (χ3v) is 6.54. The molecule has 35 heavy (non-hydrogen) atoms. The van der Waals surface area contributed by atoms with Crippen molar-refractivity contribution in [3.8, 4) is 5.75 Å². The molecule has 0 bridgehead atoms. The Labute approximate surface area is 204 Å². The van der Waals surface area contributed by atoms with Crippen LogP contribution in [0.25, 0.3) is 16.7 Å². The molecule has 0 atom stereocenters. The Morgan fingerprint density at radius 1 is 1.09 bits per heavy atom. The number of morpholine rings is 1. The molecule has 0 radical (unpaired) electrons. The van der Waals surface area contributed by atoms with Crippen molar-refractivity contribution in [3.05, 3.63) is 53.2 Å². The highest BCUT2D eigenvalue weighted by Crippen LogP contribution is 2.27. The molecule has 0 amide bonds. The number of methoxy groups -OCH3 is 1. The molecule has 0 N–H and O–H groups in total. The third kappa shape index (κ3) is 4.98. The number of benzene rings is 1. The van der Waals surface area contributed by atoms with Crippen LogP contribution in [0.5, 0.6) is 5.75 Å². The average molecular weight is 478 g/mol. The van der Waals surface area contributed by atoms with Gasteiger partial charge in [0.15, 0.2) is 18.1 Å². The Morgan fingerprint density at radius 3 is 2.66 bits per heavy atom. The van der Waals surface area contributed by atoms with Crippen LogP contribution < -0.4 is 4.74 Å². The van der Waals surface area contributed by atoms with E-state index < -0.39 is 0 Å². The Hall–Kier alpha value is -3.50. The minimum Gasteiger partial charge on any atom is -0.497 e. The van der Waals surface area contributed by atoms with Crippen LogP contribution in [0.1, 0.15) is 29.1 Å². The summed E-state index contributed by atoms with van der Waals surface area (Å²) in [5.41, 5.74) is 5.06. The van der Waals surface area contributed by atoms with Crippen LogP contribution >= 0.6 is 0 Å². The van der Waals surface area contributed by atoms with Gasteiger partial charge < -0.3 is 18.9 Å². The molecule has 184 valence electrons. The van der Waals surface area contributed by atoms with Crippen molar-refractivity contribution in [2.24, 2.45) is 5.16 Å². The fourth-order valence-electron chi connectivity index (χ4n) is 4.47. The van der Waals surface area contributed by atoms with E-state index in [0.29, 0.717) is 5.82 Å². The van der Waals surface area contributed by atoms with Gasteiger partial charge in [-0.3, -0.25) is 4.90 Å². The first kappa shape index (κ1) is 23.3. The van der Waals surface area contributed by atoms with Crippen molar-refractivity contribution in [2.45, 2.75) is 33.4 Å². The zero-order valence-electron chi connectivity index (χ0n) is 20.5. The van der Waals surface area contributed by atoms with E-state index in [1.165, 1.54) is 11.3 Å². The van der Waals surface area contributed by atoms with Crippen LogP contribution in [0.4, 0.5) is 0 Å². The number of rotatable bonds is 9. The predicted molar refractivity (Wildman–Crippen MR) is 133 cm³/mol. The first-order valence-electron chi connectivity index (χ1n) is 11.9. The van der Waals surface area contributed by atoms with Crippen LogP contribution in [0.3, 0.4) is 0 Å². The van der Waals surface area contributed by atoms with Gasteiger partial charge in [-0.15, -0.1) is 5.10 Å². The second-order valence-electron chi connectivity index (χ2n) is 8.69. The first-order chi connectivity index (χ1) is 17.1. The topological polar surface area (TPSA) is 91.3 Å². The van der Waals surface area contributed by atoms with Crippen molar-refractivity contribution in [3.63, 3.8) is 0 Å². The van der Waals surface area contributed by atoms with Crippen LogP contribution in [0.2, 0.25) is 0 Å². The van der Waals surface area contributed by atoms with Gasteiger partial charge in [0.1, 0.15) is 17.7 Å². The molecule has 4 aromatic rings. The number of ether oxygens (including phenoxy) is 2. The lowest BCUT2D eigenvalue weighted by Gasteiger charge is -2.26. The summed E-state index contributed by atoms with van der Waals surface area (Å²) in [5, 5.41) is 9.62. The van der Waals surface area contributed by atoms with Crippen molar-refractivity contribution < 1.29 is 14.3 Å². The molecule has 1 aliphatic heterocycles. The molecule has 0 spiro atoms. The molecule has 10 nitrogen and oxygen atoms in total. The molecule has 0 unspecified atom stereocenters. The highest BCUT2D eigenvalue weighted by Gasteiger charge is 2.18. The molecule has 1 aromatic carbocycles. The third-order valence-electron chi connectivity index (χ3n) is 6.54. The molecular weight excluding hydrogens is 446 g/mol. The van der Waals surface area contributed by atoms with Gasteiger partial charge in [-0.05, 0) is 55.7 Å². The minimum absolute atomic E-state index is 0.175. The predicted octanol–water partition coefficient (Wildman–Crippen LogP) is 2.98. The molecule has 0 aliphatic carbocycles. The minimum atomic E-state index is 0.175. The van der Waals surface area contributed by atoms with Crippen LogP contribution in [-0.2, 0) is 22.7 Å². The maximum absolute atomic E-state index is 5.45. The molecule has 0 saturated carbocycles. The van der Waals surface area contributed by atoms with E-state index in [1.54, 1.807) is 24.2 Å². The maximum Gasteiger partial charge on any atom is 0.192 e. The van der Waals surface area contributed by atoms with E-state index in [0.717, 1.165) is 73.8 Å². The fourth-order valence-corrected chi connectivity index (χ4v) is 4.47. The van der Waals surface area contributed by atoms with Crippen molar-refractivity contribution >= 4 is 22.9 Å². The first-order valence-corrected chi connectivity index (χ1v) is 11.9. The zero-order valence-corrected chi connectivity index (χ0v) is 20.5. The summed E-state index contributed by atoms with van der Waals surface area (Å²) >= 11 is 0. The number of oxime groups is 1. The summed E-state index contributed by atoms with van der Waals surface area (Å²) in [5.74, 6) is 1.36. The van der Waals surface area contributed by atoms with Crippen LogP contribution in [-0.4, -0.2) is 75.2 Å². The van der Waals surface area contributed by atoms with E-state index in [1.807, 2.05) is 24.3 Å². The lowest BCUT2D eigenvalue weighted by Crippen LogP contribution is -2.37. The number of aromatic nitrogens is 5. The monoisotopic (exact) mass is 477 g/mol. The van der Waals surface area contributed by atoms with Gasteiger partial charge >= 0.3 is 0 Å². The Bertz CT molecular complexity index is 1320. The van der Waals surface area contributed by atoms with E-state index in [4.69, 9.17) is 24.3 Å². The molecular formula is C25H31N7O3. The summed E-state index contributed by atoms with van der Waals surface area (Å²) < 4.78 is 14.6. The fraction of sp³-hybridized carbons (Fsp3) is 0.440. The van der Waals surface area contributed by atoms with Crippen LogP contribution in [0.15, 0.2) is 35.7 Å². The van der Waals surface area contributed by atoms with Crippen molar-refractivity contribution in [2.75, 3.05) is 40.0 Å². The number of fused-ring (bicyclic) bond motifs is 3. The van der Waals surface area contributed by atoms with Gasteiger partial charge in [-0.2, -0.15) is 0 Å². The van der Waals surface area contributed by atoms with Gasteiger partial charge in [0, 0.05) is 31.9 Å². The number of aryl methyl sites for hydroxylation is 2. The zero-order chi connectivity index (χ0) is 24.2. The molecule has 4 heterocycles. The van der Waals surface area contributed by atoms with E-state index in [9.17, 15) is 0 Å². The Kier molecular flexibility index (Phi) is 6.91. The quantitative estimate of drug-likeness (QED) is 0.270. The lowest BCUT2D eigenvalue weighted by atomic mass is 10.2. The summed E-state index contributed by atoms with van der Waals surface area (Å²) in [6.07, 6.45) is 4.45. The standard InChI is InChI=1S/C25H31N7O3/c1-18-19(2)31(10-4-9-30-11-13-34-14-12-30)24-23(18)25-28-22(29-32(25)17-26-24)16-35-27-15-20-5-7-21(33-3)8-6-20/h5-8,15,17H,4,9-14,16H2,1-3H3. The summed E-state index contributed by atoms with van der Waals surface area (Å²) in [7, 11) is 1.64. The number of hydrogen-bond donors (Lipinski definition) is 0. The normalized spacial score (nSPS) is 14.9. The van der Waals surface area contributed by atoms with Gasteiger partial charge in [0.05, 0.1) is 31.9 Å². The summed E-state index contributed by atoms with van der Waals surface area (Å²) in [6.45, 7) is 10.1. The SMILES string of the molecule is COc1ccc(C=NOCc2nc3c4c(C)c(C)n(CCCN5CCOCC5)c4ncn3n2)cc1. The highest BCUT2D eigenvalue weighted by molar-refractivity contribution is 5.93. The molecule has 10 heteroatoms.